The van der Waals surface area contributed by atoms with Crippen molar-refractivity contribution in [3.05, 3.63) is 0 Å². The zero-order chi connectivity index (χ0) is 11.4. The van der Waals surface area contributed by atoms with E-state index in [9.17, 15) is 8.78 Å². The van der Waals surface area contributed by atoms with Crippen molar-refractivity contribution in [2.45, 2.75) is 25.3 Å². The molecule has 0 aromatic heterocycles. The van der Waals surface area contributed by atoms with Gasteiger partial charge >= 0.3 is 0 Å². The van der Waals surface area contributed by atoms with Crippen molar-refractivity contribution in [2.24, 2.45) is 5.73 Å². The summed E-state index contributed by atoms with van der Waals surface area (Å²) in [5.41, 5.74) is 4.55. The minimum Gasteiger partial charge on any atom is -0.383 e. The Morgan fingerprint density at radius 1 is 1.36 bits per heavy atom. The summed E-state index contributed by atoms with van der Waals surface area (Å²) in [5.74, 6) is -2.83. The highest BCUT2D eigenvalue weighted by atomic mass is 19.3. The molecule has 0 bridgehead atoms. The molecule has 0 radical (unpaired) electrons. The van der Waals surface area contributed by atoms with Crippen LogP contribution in [0.5, 0.6) is 0 Å². The van der Waals surface area contributed by atoms with Crippen molar-refractivity contribution in [3.8, 4) is 0 Å². The molecule has 14 heavy (non-hydrogen) atoms. The van der Waals surface area contributed by atoms with Gasteiger partial charge in [-0.15, -0.1) is 0 Å². The van der Waals surface area contributed by atoms with Gasteiger partial charge in [0.15, 0.2) is 0 Å². The Morgan fingerprint density at radius 2 is 1.86 bits per heavy atom. The van der Waals surface area contributed by atoms with Gasteiger partial charge in [-0.25, -0.2) is 8.78 Å². The SMILES string of the molecule is COCC(C)(C)N(C)CC(F)(F)CN. The summed E-state index contributed by atoms with van der Waals surface area (Å²) < 4.78 is 30.9. The maximum atomic E-state index is 13.0. The topological polar surface area (TPSA) is 38.5 Å². The first-order valence-electron chi connectivity index (χ1n) is 4.53. The Hall–Kier alpha value is -0.260. The van der Waals surface area contributed by atoms with Crippen LogP contribution in [0.1, 0.15) is 13.8 Å². The van der Waals surface area contributed by atoms with Gasteiger partial charge in [-0.3, -0.25) is 4.90 Å². The number of likely N-dealkylation sites (N-methyl/N-ethyl adjacent to an activating group) is 1. The zero-order valence-corrected chi connectivity index (χ0v) is 9.31. The van der Waals surface area contributed by atoms with Gasteiger partial charge in [0.1, 0.15) is 0 Å². The van der Waals surface area contributed by atoms with Crippen molar-refractivity contribution >= 4 is 0 Å². The van der Waals surface area contributed by atoms with Crippen LogP contribution in [0.25, 0.3) is 0 Å². The monoisotopic (exact) mass is 210 g/mol. The second-order valence-electron chi connectivity index (χ2n) is 4.16. The molecule has 0 heterocycles. The summed E-state index contributed by atoms with van der Waals surface area (Å²) in [4.78, 5) is 1.56. The molecule has 0 amide bonds. The minimum absolute atomic E-state index is 0.347. The molecule has 0 spiro atoms. The molecule has 0 saturated carbocycles. The number of nitrogens with two attached hydrogens (primary N) is 1. The van der Waals surface area contributed by atoms with Crippen LogP contribution in [0, 0.1) is 0 Å². The van der Waals surface area contributed by atoms with Gasteiger partial charge in [0.25, 0.3) is 5.92 Å². The fourth-order valence-electron chi connectivity index (χ4n) is 1.09. The largest absolute Gasteiger partial charge is 0.383 e. The number of ether oxygens (including phenoxy) is 1. The lowest BCUT2D eigenvalue weighted by Gasteiger charge is -2.36. The summed E-state index contributed by atoms with van der Waals surface area (Å²) in [6, 6.07) is 0. The molecular formula is C9H20F2N2O. The summed E-state index contributed by atoms with van der Waals surface area (Å²) >= 11 is 0. The number of halogens is 2. The highest BCUT2D eigenvalue weighted by Gasteiger charge is 2.34. The molecule has 0 fully saturated rings. The van der Waals surface area contributed by atoms with Crippen molar-refractivity contribution < 1.29 is 13.5 Å². The first-order chi connectivity index (χ1) is 6.25. The van der Waals surface area contributed by atoms with Gasteiger partial charge < -0.3 is 10.5 Å². The fraction of sp³-hybridized carbons (Fsp3) is 1.00. The van der Waals surface area contributed by atoms with E-state index in [-0.39, 0.29) is 6.54 Å². The van der Waals surface area contributed by atoms with E-state index < -0.39 is 18.0 Å². The first-order valence-corrected chi connectivity index (χ1v) is 4.53. The lowest BCUT2D eigenvalue weighted by atomic mass is 10.0. The quantitative estimate of drug-likeness (QED) is 0.709. The van der Waals surface area contributed by atoms with Crippen molar-refractivity contribution in [1.29, 1.82) is 0 Å². The summed E-state index contributed by atoms with van der Waals surface area (Å²) in [6.07, 6.45) is 0. The molecule has 0 aliphatic rings. The van der Waals surface area contributed by atoms with Crippen LogP contribution in [-0.4, -0.2) is 50.2 Å². The smallest absolute Gasteiger partial charge is 0.272 e. The lowest BCUT2D eigenvalue weighted by Crippen LogP contribution is -2.51. The summed E-state index contributed by atoms with van der Waals surface area (Å²) in [6.45, 7) is 3.14. The Labute approximate surface area is 84.2 Å². The predicted molar refractivity (Wildman–Crippen MR) is 52.6 cm³/mol. The minimum atomic E-state index is -2.83. The standard InChI is InChI=1S/C9H20F2N2O/c1-8(2,7-14-4)13(3)6-9(10,11)5-12/h5-7,12H2,1-4H3. The fourth-order valence-corrected chi connectivity index (χ4v) is 1.09. The van der Waals surface area contributed by atoms with Crippen LogP contribution < -0.4 is 5.73 Å². The summed E-state index contributed by atoms with van der Waals surface area (Å²) in [7, 11) is 3.19. The molecular weight excluding hydrogens is 190 g/mol. The van der Waals surface area contributed by atoms with Gasteiger partial charge in [-0.05, 0) is 20.9 Å². The number of hydrogen-bond acceptors (Lipinski definition) is 3. The number of hydrogen-bond donors (Lipinski definition) is 1. The maximum absolute atomic E-state index is 13.0. The van der Waals surface area contributed by atoms with E-state index in [0.29, 0.717) is 6.61 Å². The Balaban J connectivity index is 4.25. The van der Waals surface area contributed by atoms with Gasteiger partial charge in [-0.2, -0.15) is 0 Å². The lowest BCUT2D eigenvalue weighted by molar-refractivity contribution is -0.0532. The highest BCUT2D eigenvalue weighted by Crippen LogP contribution is 2.19. The maximum Gasteiger partial charge on any atom is 0.272 e. The van der Waals surface area contributed by atoms with E-state index in [2.05, 4.69) is 0 Å². The molecule has 0 aliphatic heterocycles. The van der Waals surface area contributed by atoms with Crippen LogP contribution in [0.2, 0.25) is 0 Å². The zero-order valence-electron chi connectivity index (χ0n) is 9.31. The number of alkyl halides is 2. The molecule has 0 saturated heterocycles. The van der Waals surface area contributed by atoms with Gasteiger partial charge in [0, 0.05) is 12.6 Å². The molecule has 0 aromatic carbocycles. The van der Waals surface area contributed by atoms with E-state index in [1.54, 1.807) is 19.1 Å². The number of nitrogens with zero attached hydrogens (tertiary/aromatic N) is 1. The molecule has 0 rings (SSSR count). The molecule has 0 aliphatic carbocycles. The second-order valence-corrected chi connectivity index (χ2v) is 4.16. The van der Waals surface area contributed by atoms with E-state index in [1.807, 2.05) is 13.8 Å². The first kappa shape index (κ1) is 13.7. The normalized spacial score (nSPS) is 13.7. The molecule has 5 heteroatoms. The van der Waals surface area contributed by atoms with Gasteiger partial charge in [0.05, 0.1) is 19.7 Å². The van der Waals surface area contributed by atoms with E-state index >= 15 is 0 Å². The van der Waals surface area contributed by atoms with Gasteiger partial charge in [0.2, 0.25) is 0 Å². The van der Waals surface area contributed by atoms with Crippen LogP contribution in [0.3, 0.4) is 0 Å². The van der Waals surface area contributed by atoms with Crippen LogP contribution in [-0.2, 0) is 4.74 Å². The van der Waals surface area contributed by atoms with Crippen molar-refractivity contribution in [1.82, 2.24) is 4.90 Å². The van der Waals surface area contributed by atoms with E-state index in [1.165, 1.54) is 0 Å². The van der Waals surface area contributed by atoms with E-state index in [4.69, 9.17) is 10.5 Å². The third-order valence-corrected chi connectivity index (χ3v) is 2.30. The molecule has 3 nitrogen and oxygen atoms in total. The molecule has 0 atom stereocenters. The second kappa shape index (κ2) is 5.00. The van der Waals surface area contributed by atoms with Crippen LogP contribution in [0.15, 0.2) is 0 Å². The molecule has 0 aromatic rings. The van der Waals surface area contributed by atoms with Gasteiger partial charge in [-0.1, -0.05) is 0 Å². The molecule has 2 N–H and O–H groups in total. The number of methoxy groups -OCH3 is 1. The average molecular weight is 210 g/mol. The average Bonchev–Trinajstić information content (AvgIpc) is 2.03. The Kier molecular flexibility index (Phi) is 4.91. The Morgan fingerprint density at radius 3 is 2.21 bits per heavy atom. The van der Waals surface area contributed by atoms with Crippen molar-refractivity contribution in [2.75, 3.05) is 33.9 Å². The highest BCUT2D eigenvalue weighted by molar-refractivity contribution is 4.83. The van der Waals surface area contributed by atoms with E-state index in [0.717, 1.165) is 0 Å². The third kappa shape index (κ3) is 4.30. The third-order valence-electron chi connectivity index (χ3n) is 2.30. The predicted octanol–water partition coefficient (Wildman–Crippen LogP) is 0.937. The van der Waals surface area contributed by atoms with Crippen LogP contribution >= 0.6 is 0 Å². The Bertz CT molecular complexity index is 174. The molecule has 0 unspecified atom stereocenters. The molecule has 86 valence electrons. The number of rotatable bonds is 6. The van der Waals surface area contributed by atoms with Crippen molar-refractivity contribution in [3.63, 3.8) is 0 Å². The van der Waals surface area contributed by atoms with Crippen LogP contribution in [0.4, 0.5) is 8.78 Å². The summed E-state index contributed by atoms with van der Waals surface area (Å²) in [5, 5.41) is 0.